The van der Waals surface area contributed by atoms with Crippen LogP contribution in [0, 0.1) is 5.82 Å². The van der Waals surface area contributed by atoms with Crippen LogP contribution in [-0.4, -0.2) is 21.9 Å². The van der Waals surface area contributed by atoms with Crippen LogP contribution < -0.4 is 5.73 Å². The van der Waals surface area contributed by atoms with E-state index in [1.807, 2.05) is 0 Å². The molecule has 0 atom stereocenters. The SMILES string of the molecule is NCCn1cnc(C(=O)c2ccc(F)c(C(F)(F)F)c2)c1. The zero-order valence-electron chi connectivity index (χ0n) is 10.7. The number of benzene rings is 1. The Hall–Kier alpha value is -2.22. The van der Waals surface area contributed by atoms with Gasteiger partial charge >= 0.3 is 6.18 Å². The fraction of sp³-hybridized carbons (Fsp3) is 0.231. The van der Waals surface area contributed by atoms with E-state index in [1.165, 1.54) is 12.5 Å². The first-order valence-corrected chi connectivity index (χ1v) is 5.96. The number of alkyl halides is 3. The first kappa shape index (κ1) is 15.2. The predicted octanol–water partition coefficient (Wildman–Crippen LogP) is 2.23. The summed E-state index contributed by atoms with van der Waals surface area (Å²) in [5, 5.41) is 0. The zero-order valence-corrected chi connectivity index (χ0v) is 10.7. The van der Waals surface area contributed by atoms with E-state index in [0.717, 1.165) is 6.07 Å². The van der Waals surface area contributed by atoms with E-state index in [9.17, 15) is 22.4 Å². The Morgan fingerprint density at radius 3 is 2.67 bits per heavy atom. The number of ketones is 1. The summed E-state index contributed by atoms with van der Waals surface area (Å²) in [6.07, 6.45) is -2.13. The Bertz CT molecular complexity index is 664. The molecule has 8 heteroatoms. The molecular weight excluding hydrogens is 290 g/mol. The average molecular weight is 301 g/mol. The van der Waals surface area contributed by atoms with E-state index < -0.39 is 23.3 Å². The van der Waals surface area contributed by atoms with Gasteiger partial charge in [0.15, 0.2) is 0 Å². The first-order valence-electron chi connectivity index (χ1n) is 5.96. The van der Waals surface area contributed by atoms with E-state index in [0.29, 0.717) is 25.2 Å². The van der Waals surface area contributed by atoms with Gasteiger partial charge in [0.25, 0.3) is 0 Å². The number of imidazole rings is 1. The smallest absolute Gasteiger partial charge is 0.335 e. The van der Waals surface area contributed by atoms with Crippen molar-refractivity contribution in [1.82, 2.24) is 9.55 Å². The van der Waals surface area contributed by atoms with Gasteiger partial charge in [-0.25, -0.2) is 9.37 Å². The number of rotatable bonds is 4. The Morgan fingerprint density at radius 1 is 1.33 bits per heavy atom. The summed E-state index contributed by atoms with van der Waals surface area (Å²) in [6, 6.07) is 2.10. The van der Waals surface area contributed by atoms with Gasteiger partial charge < -0.3 is 10.3 Å². The first-order chi connectivity index (χ1) is 9.82. The molecular formula is C13H11F4N3O. The molecule has 0 amide bonds. The van der Waals surface area contributed by atoms with Gasteiger partial charge in [0.2, 0.25) is 5.78 Å². The lowest BCUT2D eigenvalue weighted by Gasteiger charge is -2.09. The molecule has 0 radical (unpaired) electrons. The van der Waals surface area contributed by atoms with E-state index in [-0.39, 0.29) is 11.3 Å². The quantitative estimate of drug-likeness (QED) is 0.696. The monoisotopic (exact) mass is 301 g/mol. The van der Waals surface area contributed by atoms with Crippen LogP contribution >= 0.6 is 0 Å². The van der Waals surface area contributed by atoms with E-state index >= 15 is 0 Å². The highest BCUT2D eigenvalue weighted by atomic mass is 19.4. The largest absolute Gasteiger partial charge is 0.419 e. The van der Waals surface area contributed by atoms with Crippen molar-refractivity contribution in [3.8, 4) is 0 Å². The van der Waals surface area contributed by atoms with Gasteiger partial charge in [-0.3, -0.25) is 4.79 Å². The van der Waals surface area contributed by atoms with Gasteiger partial charge in [-0.05, 0) is 18.2 Å². The van der Waals surface area contributed by atoms with Crippen LogP contribution in [0.15, 0.2) is 30.7 Å². The number of halogens is 4. The Labute approximate surface area is 117 Å². The molecule has 0 spiro atoms. The maximum atomic E-state index is 13.2. The summed E-state index contributed by atoms with van der Waals surface area (Å²) < 4.78 is 52.6. The molecule has 0 saturated heterocycles. The second-order valence-electron chi connectivity index (χ2n) is 4.31. The van der Waals surface area contributed by atoms with E-state index in [1.54, 1.807) is 4.57 Å². The van der Waals surface area contributed by atoms with Crippen LogP contribution in [0.25, 0.3) is 0 Å². The van der Waals surface area contributed by atoms with Crippen molar-refractivity contribution in [2.75, 3.05) is 6.54 Å². The predicted molar refractivity (Wildman–Crippen MR) is 66.1 cm³/mol. The number of aromatic nitrogens is 2. The summed E-state index contributed by atoms with van der Waals surface area (Å²) in [5.74, 6) is -2.14. The van der Waals surface area contributed by atoms with Crippen LogP contribution in [0.2, 0.25) is 0 Å². The summed E-state index contributed by atoms with van der Waals surface area (Å²) in [4.78, 5) is 15.9. The van der Waals surface area contributed by atoms with Crippen molar-refractivity contribution in [3.05, 3.63) is 53.4 Å². The Morgan fingerprint density at radius 2 is 2.05 bits per heavy atom. The van der Waals surface area contributed by atoms with Gasteiger partial charge in [0.05, 0.1) is 11.9 Å². The van der Waals surface area contributed by atoms with Gasteiger partial charge in [-0.2, -0.15) is 13.2 Å². The van der Waals surface area contributed by atoms with Crippen LogP contribution in [-0.2, 0) is 12.7 Å². The average Bonchev–Trinajstić information content (AvgIpc) is 2.86. The molecule has 2 N–H and O–H groups in total. The van der Waals surface area contributed by atoms with Crippen molar-refractivity contribution in [3.63, 3.8) is 0 Å². The van der Waals surface area contributed by atoms with Crippen LogP contribution in [0.1, 0.15) is 21.6 Å². The summed E-state index contributed by atoms with van der Waals surface area (Å²) in [5.41, 5.74) is 3.56. The fourth-order valence-corrected chi connectivity index (χ4v) is 1.78. The normalized spacial score (nSPS) is 11.7. The topological polar surface area (TPSA) is 60.9 Å². The number of hydrogen-bond donors (Lipinski definition) is 1. The lowest BCUT2D eigenvalue weighted by molar-refractivity contribution is -0.140. The number of nitrogens with zero attached hydrogens (tertiary/aromatic N) is 2. The molecule has 1 aromatic carbocycles. The molecule has 0 fully saturated rings. The molecule has 0 aliphatic rings. The third kappa shape index (κ3) is 3.27. The standard InChI is InChI=1S/C13H11F4N3O/c14-10-2-1-8(5-9(10)13(15,16)17)12(21)11-6-20(4-3-18)7-19-11/h1-2,5-7H,3-4,18H2. The maximum absolute atomic E-state index is 13.2. The molecule has 4 nitrogen and oxygen atoms in total. The number of carbonyl (C=O) groups excluding carboxylic acids is 1. The van der Waals surface area contributed by atoms with Gasteiger partial charge in [0, 0.05) is 24.8 Å². The third-order valence-electron chi connectivity index (χ3n) is 2.79. The second-order valence-corrected chi connectivity index (χ2v) is 4.31. The molecule has 2 rings (SSSR count). The van der Waals surface area contributed by atoms with Crippen molar-refractivity contribution < 1.29 is 22.4 Å². The number of nitrogens with two attached hydrogens (primary N) is 1. The molecule has 0 saturated carbocycles. The van der Waals surface area contributed by atoms with Crippen molar-refractivity contribution >= 4 is 5.78 Å². The van der Waals surface area contributed by atoms with E-state index in [2.05, 4.69) is 4.98 Å². The van der Waals surface area contributed by atoms with Gasteiger partial charge in [0.1, 0.15) is 11.5 Å². The lowest BCUT2D eigenvalue weighted by Crippen LogP contribution is -2.11. The fourth-order valence-electron chi connectivity index (χ4n) is 1.78. The number of carbonyl (C=O) groups is 1. The van der Waals surface area contributed by atoms with E-state index in [4.69, 9.17) is 5.73 Å². The lowest BCUT2D eigenvalue weighted by atomic mass is 10.0. The molecule has 2 aromatic rings. The maximum Gasteiger partial charge on any atom is 0.419 e. The molecule has 1 heterocycles. The summed E-state index contributed by atoms with van der Waals surface area (Å²) >= 11 is 0. The Balaban J connectivity index is 2.35. The summed E-state index contributed by atoms with van der Waals surface area (Å²) in [6.45, 7) is 0.760. The third-order valence-corrected chi connectivity index (χ3v) is 2.79. The van der Waals surface area contributed by atoms with Gasteiger partial charge in [-0.1, -0.05) is 0 Å². The van der Waals surface area contributed by atoms with Crippen molar-refractivity contribution in [2.45, 2.75) is 12.7 Å². The summed E-state index contributed by atoms with van der Waals surface area (Å²) in [7, 11) is 0. The minimum Gasteiger partial charge on any atom is -0.335 e. The Kier molecular flexibility index (Phi) is 4.08. The van der Waals surface area contributed by atoms with Crippen molar-refractivity contribution in [1.29, 1.82) is 0 Å². The van der Waals surface area contributed by atoms with Crippen LogP contribution in [0.3, 0.4) is 0 Å². The molecule has 1 aromatic heterocycles. The minimum absolute atomic E-state index is 0.0248. The molecule has 0 aliphatic carbocycles. The molecule has 0 aliphatic heterocycles. The second kappa shape index (κ2) is 5.65. The molecule has 21 heavy (non-hydrogen) atoms. The highest BCUT2D eigenvalue weighted by Crippen LogP contribution is 2.32. The highest BCUT2D eigenvalue weighted by molar-refractivity contribution is 6.07. The molecule has 0 unspecified atom stereocenters. The highest BCUT2D eigenvalue weighted by Gasteiger charge is 2.34. The zero-order chi connectivity index (χ0) is 15.6. The van der Waals surface area contributed by atoms with Crippen LogP contribution in [0.5, 0.6) is 0 Å². The number of hydrogen-bond acceptors (Lipinski definition) is 3. The minimum atomic E-state index is -4.86. The van der Waals surface area contributed by atoms with Gasteiger partial charge in [-0.15, -0.1) is 0 Å². The molecule has 112 valence electrons. The molecule has 0 bridgehead atoms. The van der Waals surface area contributed by atoms with Crippen molar-refractivity contribution in [2.24, 2.45) is 5.73 Å². The van der Waals surface area contributed by atoms with Crippen LogP contribution in [0.4, 0.5) is 17.6 Å².